The fraction of sp³-hybridized carbons (Fsp3) is 0.316. The summed E-state index contributed by atoms with van der Waals surface area (Å²) in [7, 11) is -0.368. The van der Waals surface area contributed by atoms with Crippen LogP contribution < -0.4 is 5.46 Å². The molecule has 0 N–H and O–H groups in total. The van der Waals surface area contributed by atoms with Crippen LogP contribution in [-0.4, -0.2) is 23.3 Å². The monoisotopic (exact) mass is 321 g/mol. The fourth-order valence-electron chi connectivity index (χ4n) is 2.82. The number of hydrogen-bond donors (Lipinski definition) is 0. The molecule has 1 aliphatic rings. The Morgan fingerprint density at radius 1 is 0.917 bits per heavy atom. The summed E-state index contributed by atoms with van der Waals surface area (Å²) in [6.07, 6.45) is 1.76. The third kappa shape index (κ3) is 2.45. The average molecular weight is 321 g/mol. The summed E-state index contributed by atoms with van der Waals surface area (Å²) in [4.78, 5) is 4.34. The standard InChI is InChI=1S/C19H20BNO3/c1-18(2)19(3,4)24-20(23-18)14-8-9-16-13(11-14)12-17(22-16)15-7-5-6-10-21-15/h5-12H,1-4H3. The molecule has 1 saturated heterocycles. The van der Waals surface area contributed by atoms with Crippen molar-refractivity contribution in [2.24, 2.45) is 0 Å². The van der Waals surface area contributed by atoms with Gasteiger partial charge in [-0.05, 0) is 57.4 Å². The highest BCUT2D eigenvalue weighted by atomic mass is 16.7. The van der Waals surface area contributed by atoms with Gasteiger partial charge in [-0.2, -0.15) is 0 Å². The maximum Gasteiger partial charge on any atom is 0.494 e. The molecule has 0 aliphatic carbocycles. The third-order valence-electron chi connectivity index (χ3n) is 4.98. The highest BCUT2D eigenvalue weighted by Crippen LogP contribution is 2.36. The molecule has 0 radical (unpaired) electrons. The van der Waals surface area contributed by atoms with Crippen molar-refractivity contribution in [1.82, 2.24) is 4.98 Å². The van der Waals surface area contributed by atoms with Gasteiger partial charge in [0.15, 0.2) is 5.76 Å². The number of hydrogen-bond acceptors (Lipinski definition) is 4. The molecule has 0 saturated carbocycles. The first-order chi connectivity index (χ1) is 11.4. The van der Waals surface area contributed by atoms with Gasteiger partial charge in [-0.3, -0.25) is 4.98 Å². The number of rotatable bonds is 2. The van der Waals surface area contributed by atoms with Gasteiger partial charge in [0.1, 0.15) is 11.3 Å². The van der Waals surface area contributed by atoms with Crippen LogP contribution in [0.5, 0.6) is 0 Å². The predicted molar refractivity (Wildman–Crippen MR) is 95.2 cm³/mol. The molecule has 4 rings (SSSR count). The highest BCUT2D eigenvalue weighted by molar-refractivity contribution is 6.62. The number of aromatic nitrogens is 1. The second kappa shape index (κ2) is 5.20. The maximum absolute atomic E-state index is 6.13. The third-order valence-corrected chi connectivity index (χ3v) is 4.98. The molecule has 0 amide bonds. The van der Waals surface area contributed by atoms with Crippen LogP contribution in [0.3, 0.4) is 0 Å². The van der Waals surface area contributed by atoms with E-state index < -0.39 is 0 Å². The van der Waals surface area contributed by atoms with Crippen LogP contribution >= 0.6 is 0 Å². The number of pyridine rings is 1. The molecule has 1 fully saturated rings. The van der Waals surface area contributed by atoms with E-state index in [4.69, 9.17) is 13.7 Å². The molecular formula is C19H20BNO3. The van der Waals surface area contributed by atoms with Crippen molar-refractivity contribution < 1.29 is 13.7 Å². The van der Waals surface area contributed by atoms with E-state index in [0.717, 1.165) is 27.9 Å². The summed E-state index contributed by atoms with van der Waals surface area (Å²) in [6, 6.07) is 13.8. The summed E-state index contributed by atoms with van der Waals surface area (Å²) in [5, 5.41) is 1.02. The van der Waals surface area contributed by atoms with E-state index in [2.05, 4.69) is 38.7 Å². The molecule has 0 atom stereocenters. The van der Waals surface area contributed by atoms with Crippen molar-refractivity contribution in [3.8, 4) is 11.5 Å². The van der Waals surface area contributed by atoms with Crippen molar-refractivity contribution in [1.29, 1.82) is 0 Å². The Balaban J connectivity index is 1.70. The second-order valence-corrected chi connectivity index (χ2v) is 7.21. The number of fused-ring (bicyclic) bond motifs is 1. The molecule has 0 bridgehead atoms. The Morgan fingerprint density at radius 3 is 2.33 bits per heavy atom. The van der Waals surface area contributed by atoms with Crippen molar-refractivity contribution in [2.75, 3.05) is 0 Å². The van der Waals surface area contributed by atoms with Gasteiger partial charge in [0.25, 0.3) is 0 Å². The van der Waals surface area contributed by atoms with Crippen LogP contribution in [0.15, 0.2) is 53.1 Å². The smallest absolute Gasteiger partial charge is 0.454 e. The first-order valence-corrected chi connectivity index (χ1v) is 8.16. The van der Waals surface area contributed by atoms with Gasteiger partial charge >= 0.3 is 7.12 Å². The highest BCUT2D eigenvalue weighted by Gasteiger charge is 2.51. The zero-order chi connectivity index (χ0) is 16.9. The second-order valence-electron chi connectivity index (χ2n) is 7.21. The van der Waals surface area contributed by atoms with Crippen molar-refractivity contribution in [3.05, 3.63) is 48.7 Å². The molecule has 122 valence electrons. The maximum atomic E-state index is 6.13. The normalized spacial score (nSPS) is 19.1. The summed E-state index contributed by atoms with van der Waals surface area (Å²) >= 11 is 0. The van der Waals surface area contributed by atoms with E-state index in [1.165, 1.54) is 0 Å². The number of furan rings is 1. The Morgan fingerprint density at radius 2 is 1.67 bits per heavy atom. The van der Waals surface area contributed by atoms with E-state index in [-0.39, 0.29) is 18.3 Å². The summed E-state index contributed by atoms with van der Waals surface area (Å²) in [5.74, 6) is 0.761. The van der Waals surface area contributed by atoms with Crippen LogP contribution in [-0.2, 0) is 9.31 Å². The molecule has 0 unspecified atom stereocenters. The van der Waals surface area contributed by atoms with E-state index >= 15 is 0 Å². The molecule has 3 aromatic rings. The van der Waals surface area contributed by atoms with Crippen LogP contribution in [0.25, 0.3) is 22.4 Å². The molecule has 1 aliphatic heterocycles. The minimum absolute atomic E-state index is 0.345. The van der Waals surface area contributed by atoms with Crippen LogP contribution in [0.4, 0.5) is 0 Å². The molecule has 5 heteroatoms. The van der Waals surface area contributed by atoms with Crippen LogP contribution in [0.2, 0.25) is 0 Å². The van der Waals surface area contributed by atoms with Crippen molar-refractivity contribution in [3.63, 3.8) is 0 Å². The number of nitrogens with zero attached hydrogens (tertiary/aromatic N) is 1. The van der Waals surface area contributed by atoms with Crippen LogP contribution in [0, 0.1) is 0 Å². The molecule has 4 nitrogen and oxygen atoms in total. The zero-order valence-electron chi connectivity index (χ0n) is 14.4. The number of benzene rings is 1. The van der Waals surface area contributed by atoms with E-state index in [0.29, 0.717) is 0 Å². The molecule has 1 aromatic carbocycles. The van der Waals surface area contributed by atoms with E-state index in [1.54, 1.807) is 6.20 Å². The fourth-order valence-corrected chi connectivity index (χ4v) is 2.82. The first-order valence-electron chi connectivity index (χ1n) is 8.16. The van der Waals surface area contributed by atoms with E-state index in [9.17, 15) is 0 Å². The lowest BCUT2D eigenvalue weighted by atomic mass is 9.79. The molecule has 0 spiro atoms. The van der Waals surface area contributed by atoms with Crippen LogP contribution in [0.1, 0.15) is 27.7 Å². The summed E-state index contributed by atoms with van der Waals surface area (Å²) in [6.45, 7) is 8.23. The van der Waals surface area contributed by atoms with Gasteiger partial charge in [-0.25, -0.2) is 0 Å². The van der Waals surface area contributed by atoms with Crippen molar-refractivity contribution in [2.45, 2.75) is 38.9 Å². The molecular weight excluding hydrogens is 301 g/mol. The van der Waals surface area contributed by atoms with Gasteiger partial charge < -0.3 is 13.7 Å². The molecule has 2 aromatic heterocycles. The minimum Gasteiger partial charge on any atom is -0.454 e. The summed E-state index contributed by atoms with van der Waals surface area (Å²) in [5.41, 5.74) is 1.96. The van der Waals surface area contributed by atoms with Crippen molar-refractivity contribution >= 4 is 23.6 Å². The van der Waals surface area contributed by atoms with Gasteiger partial charge in [-0.1, -0.05) is 18.2 Å². The first kappa shape index (κ1) is 15.4. The lowest BCUT2D eigenvalue weighted by Crippen LogP contribution is -2.41. The van der Waals surface area contributed by atoms with Gasteiger partial charge in [-0.15, -0.1) is 0 Å². The Labute approximate surface area is 141 Å². The van der Waals surface area contributed by atoms with Gasteiger partial charge in [0, 0.05) is 11.6 Å². The predicted octanol–water partition coefficient (Wildman–Crippen LogP) is 3.79. The lowest BCUT2D eigenvalue weighted by Gasteiger charge is -2.32. The zero-order valence-corrected chi connectivity index (χ0v) is 14.4. The minimum atomic E-state index is -0.368. The SMILES string of the molecule is CC1(C)OB(c2ccc3oc(-c4ccccn4)cc3c2)OC1(C)C. The van der Waals surface area contributed by atoms with Gasteiger partial charge in [0.2, 0.25) is 0 Å². The largest absolute Gasteiger partial charge is 0.494 e. The average Bonchev–Trinajstić information content (AvgIpc) is 3.06. The lowest BCUT2D eigenvalue weighted by molar-refractivity contribution is 0.00578. The molecule has 3 heterocycles. The summed E-state index contributed by atoms with van der Waals surface area (Å²) < 4.78 is 18.2. The topological polar surface area (TPSA) is 44.5 Å². The van der Waals surface area contributed by atoms with E-state index in [1.807, 2.05) is 36.4 Å². The Kier molecular flexibility index (Phi) is 3.34. The Bertz CT molecular complexity index is 870. The van der Waals surface area contributed by atoms with Gasteiger partial charge in [0.05, 0.1) is 11.2 Å². The quantitative estimate of drug-likeness (QED) is 0.674. The Hall–Kier alpha value is -2.11. The molecule has 24 heavy (non-hydrogen) atoms.